The van der Waals surface area contributed by atoms with Crippen molar-refractivity contribution in [3.8, 4) is 0 Å². The number of nitrogens with zero attached hydrogens (tertiary/aromatic N) is 2. The molecule has 0 bridgehead atoms. The third kappa shape index (κ3) is 8.46. The van der Waals surface area contributed by atoms with E-state index < -0.39 is 9.67 Å². The third-order valence-electron chi connectivity index (χ3n) is 4.21. The molecule has 2 aliphatic rings. The van der Waals surface area contributed by atoms with Crippen molar-refractivity contribution in [3.63, 3.8) is 0 Å². The maximum absolute atomic E-state index is 11.3. The van der Waals surface area contributed by atoms with Crippen LogP contribution in [0.5, 0.6) is 0 Å². The van der Waals surface area contributed by atoms with Gasteiger partial charge >= 0.3 is 0 Å². The topological polar surface area (TPSA) is 40.6 Å². The van der Waals surface area contributed by atoms with E-state index in [1.165, 1.54) is 25.7 Å². The van der Waals surface area contributed by atoms with Crippen LogP contribution < -0.4 is 0 Å². The molecule has 0 unspecified atom stereocenters. The van der Waals surface area contributed by atoms with Crippen molar-refractivity contribution in [2.24, 2.45) is 0 Å². The summed E-state index contributed by atoms with van der Waals surface area (Å²) in [5.74, 6) is -0.277. The van der Waals surface area contributed by atoms with Gasteiger partial charge in [0.1, 0.15) is 0 Å². The molecule has 2 aliphatic heterocycles. The second-order valence-electron chi connectivity index (χ2n) is 6.08. The van der Waals surface area contributed by atoms with E-state index in [0.29, 0.717) is 0 Å². The molecule has 2 fully saturated rings. The summed E-state index contributed by atoms with van der Waals surface area (Å²) in [5, 5.41) is 0. The van der Waals surface area contributed by atoms with E-state index in [9.17, 15) is 9.59 Å². The van der Waals surface area contributed by atoms with Gasteiger partial charge in [0.15, 0.2) is 9.67 Å². The van der Waals surface area contributed by atoms with E-state index in [0.717, 1.165) is 51.9 Å². The van der Waals surface area contributed by atoms with Crippen LogP contribution in [0.25, 0.3) is 0 Å². The zero-order valence-corrected chi connectivity index (χ0v) is 16.9. The SMILES string of the molecule is O=C(C(Cl)Cl)N1CCCCCC1.O=C(C(Cl)Cl)N1CCCCCC1. The molecule has 8 heteroatoms. The second-order valence-corrected chi connectivity index (χ2v) is 8.27. The average molecular weight is 420 g/mol. The first-order valence-electron chi connectivity index (χ1n) is 8.57. The number of amides is 2. The molecule has 2 rings (SSSR count). The Labute approximate surface area is 164 Å². The summed E-state index contributed by atoms with van der Waals surface area (Å²) < 4.78 is 0. The van der Waals surface area contributed by atoms with Gasteiger partial charge in [0.25, 0.3) is 11.8 Å². The van der Waals surface area contributed by atoms with Gasteiger partial charge < -0.3 is 9.80 Å². The minimum absolute atomic E-state index is 0.139. The average Bonchev–Trinajstić information content (AvgIpc) is 2.98. The quantitative estimate of drug-likeness (QED) is 0.622. The molecular weight excluding hydrogens is 394 g/mol. The third-order valence-corrected chi connectivity index (χ3v) is 4.96. The van der Waals surface area contributed by atoms with Crippen molar-refractivity contribution in [2.75, 3.05) is 26.2 Å². The summed E-state index contributed by atoms with van der Waals surface area (Å²) in [5.41, 5.74) is 0. The summed E-state index contributed by atoms with van der Waals surface area (Å²) in [4.78, 5) is 24.4. The Balaban J connectivity index is 0.000000240. The largest absolute Gasteiger partial charge is 0.340 e. The fraction of sp³-hybridized carbons (Fsp3) is 0.875. The zero-order chi connectivity index (χ0) is 17.9. The molecule has 0 aliphatic carbocycles. The van der Waals surface area contributed by atoms with E-state index in [1.807, 2.05) is 0 Å². The summed E-state index contributed by atoms with van der Waals surface area (Å²) in [6, 6.07) is 0. The van der Waals surface area contributed by atoms with Crippen LogP contribution in [0, 0.1) is 0 Å². The summed E-state index contributed by atoms with van der Waals surface area (Å²) in [6.07, 6.45) is 9.13. The molecule has 0 aromatic carbocycles. The molecule has 140 valence electrons. The van der Waals surface area contributed by atoms with Crippen LogP contribution in [-0.4, -0.2) is 57.5 Å². The van der Waals surface area contributed by atoms with Crippen LogP contribution in [0.15, 0.2) is 0 Å². The lowest BCUT2D eigenvalue weighted by Gasteiger charge is -2.20. The molecule has 0 radical (unpaired) electrons. The maximum atomic E-state index is 11.3. The molecule has 2 amide bonds. The molecule has 0 spiro atoms. The highest BCUT2D eigenvalue weighted by Gasteiger charge is 2.21. The van der Waals surface area contributed by atoms with E-state index in [4.69, 9.17) is 46.4 Å². The molecule has 24 heavy (non-hydrogen) atoms. The number of carbonyl (C=O) groups excluding carboxylic acids is 2. The van der Waals surface area contributed by atoms with Gasteiger partial charge in [-0.25, -0.2) is 0 Å². The minimum atomic E-state index is -0.886. The molecule has 0 aromatic rings. The Morgan fingerprint density at radius 2 is 0.792 bits per heavy atom. The van der Waals surface area contributed by atoms with E-state index in [-0.39, 0.29) is 11.8 Å². The first-order valence-corrected chi connectivity index (χ1v) is 10.3. The van der Waals surface area contributed by atoms with Crippen LogP contribution in [0.1, 0.15) is 51.4 Å². The number of carbonyl (C=O) groups is 2. The second kappa shape index (κ2) is 12.5. The Kier molecular flexibility index (Phi) is 11.5. The maximum Gasteiger partial charge on any atom is 0.255 e. The highest BCUT2D eigenvalue weighted by atomic mass is 35.5. The minimum Gasteiger partial charge on any atom is -0.340 e. The van der Waals surface area contributed by atoms with Gasteiger partial charge in [0.05, 0.1) is 0 Å². The van der Waals surface area contributed by atoms with Crippen molar-refractivity contribution < 1.29 is 9.59 Å². The normalized spacial score (nSPS) is 19.4. The predicted molar refractivity (Wildman–Crippen MR) is 101 cm³/mol. The van der Waals surface area contributed by atoms with Crippen molar-refractivity contribution in [3.05, 3.63) is 0 Å². The molecule has 0 saturated carbocycles. The monoisotopic (exact) mass is 418 g/mol. The van der Waals surface area contributed by atoms with Crippen LogP contribution in [-0.2, 0) is 9.59 Å². The number of hydrogen-bond acceptors (Lipinski definition) is 2. The highest BCUT2D eigenvalue weighted by molar-refractivity contribution is 6.53. The first-order chi connectivity index (χ1) is 11.4. The summed E-state index contributed by atoms with van der Waals surface area (Å²) >= 11 is 22.0. The molecule has 0 aromatic heterocycles. The van der Waals surface area contributed by atoms with Crippen LogP contribution in [0.3, 0.4) is 0 Å². The van der Waals surface area contributed by atoms with Crippen molar-refractivity contribution in [2.45, 2.75) is 61.0 Å². The van der Waals surface area contributed by atoms with Gasteiger partial charge in [-0.3, -0.25) is 9.59 Å². The lowest BCUT2D eigenvalue weighted by Crippen LogP contribution is -2.35. The fourth-order valence-electron chi connectivity index (χ4n) is 2.86. The Hall–Kier alpha value is 0.1000. The summed E-state index contributed by atoms with van der Waals surface area (Å²) in [6.45, 7) is 3.26. The van der Waals surface area contributed by atoms with E-state index >= 15 is 0 Å². The lowest BCUT2D eigenvalue weighted by atomic mass is 10.2. The summed E-state index contributed by atoms with van der Waals surface area (Å²) in [7, 11) is 0. The van der Waals surface area contributed by atoms with Crippen molar-refractivity contribution in [1.82, 2.24) is 9.80 Å². The van der Waals surface area contributed by atoms with Gasteiger partial charge in [0.2, 0.25) is 0 Å². The highest BCUT2D eigenvalue weighted by Crippen LogP contribution is 2.15. The predicted octanol–water partition coefficient (Wildman–Crippen LogP) is 4.39. The van der Waals surface area contributed by atoms with Gasteiger partial charge in [-0.2, -0.15) is 0 Å². The standard InChI is InChI=1S/2C8H13Cl2NO/c2*9-7(10)8(12)11-5-3-1-2-4-6-11/h2*7H,1-6H2. The molecule has 0 atom stereocenters. The van der Waals surface area contributed by atoms with Gasteiger partial charge in [-0.05, 0) is 25.7 Å². The zero-order valence-electron chi connectivity index (χ0n) is 13.9. The fourth-order valence-corrected chi connectivity index (χ4v) is 3.41. The molecule has 2 heterocycles. The number of hydrogen-bond donors (Lipinski definition) is 0. The number of alkyl halides is 4. The van der Waals surface area contributed by atoms with Crippen molar-refractivity contribution in [1.29, 1.82) is 0 Å². The van der Waals surface area contributed by atoms with Gasteiger partial charge in [-0.15, -0.1) is 0 Å². The number of likely N-dealkylation sites (tertiary alicyclic amines) is 2. The van der Waals surface area contributed by atoms with Crippen LogP contribution >= 0.6 is 46.4 Å². The molecule has 0 N–H and O–H groups in total. The smallest absolute Gasteiger partial charge is 0.255 e. The van der Waals surface area contributed by atoms with Crippen LogP contribution in [0.2, 0.25) is 0 Å². The molecular formula is C16H26Cl4N2O2. The lowest BCUT2D eigenvalue weighted by molar-refractivity contribution is -0.130. The Bertz CT molecular complexity index is 342. The van der Waals surface area contributed by atoms with E-state index in [1.54, 1.807) is 9.80 Å². The molecule has 4 nitrogen and oxygen atoms in total. The number of rotatable bonds is 2. The number of halogens is 4. The first kappa shape index (κ1) is 22.1. The van der Waals surface area contributed by atoms with Gasteiger partial charge in [-0.1, -0.05) is 72.1 Å². The Morgan fingerprint density at radius 1 is 0.542 bits per heavy atom. The van der Waals surface area contributed by atoms with Crippen molar-refractivity contribution >= 4 is 58.2 Å². The van der Waals surface area contributed by atoms with E-state index in [2.05, 4.69) is 0 Å². The van der Waals surface area contributed by atoms with Crippen LogP contribution in [0.4, 0.5) is 0 Å². The Morgan fingerprint density at radius 3 is 1.00 bits per heavy atom. The van der Waals surface area contributed by atoms with Gasteiger partial charge in [0, 0.05) is 26.2 Å². The molecule has 2 saturated heterocycles.